The topological polar surface area (TPSA) is 59.9 Å². The second-order valence-corrected chi connectivity index (χ2v) is 8.80. The molecule has 1 aromatic rings. The van der Waals surface area contributed by atoms with Crippen LogP contribution in [0.25, 0.3) is 0 Å². The third kappa shape index (κ3) is 9.64. The van der Waals surface area contributed by atoms with Gasteiger partial charge in [-0.2, -0.15) is 0 Å². The van der Waals surface area contributed by atoms with Crippen molar-refractivity contribution in [3.8, 4) is 0 Å². The van der Waals surface area contributed by atoms with Crippen molar-refractivity contribution in [1.82, 2.24) is 15.5 Å². The van der Waals surface area contributed by atoms with Crippen LogP contribution in [-0.2, 0) is 6.42 Å². The fourth-order valence-electron chi connectivity index (χ4n) is 4.15. The number of hydrogen-bond donors (Lipinski definition) is 3. The van der Waals surface area contributed by atoms with Crippen LogP contribution in [0.2, 0.25) is 0 Å². The van der Waals surface area contributed by atoms with Crippen LogP contribution in [0.15, 0.2) is 35.3 Å². The van der Waals surface area contributed by atoms with Gasteiger partial charge in [0.05, 0.1) is 0 Å². The smallest absolute Gasteiger partial charge is 0.191 e. The lowest BCUT2D eigenvalue weighted by Crippen LogP contribution is -2.40. The Kier molecular flexibility index (Phi) is 11.1. The maximum absolute atomic E-state index is 9.32. The molecule has 5 heteroatoms. The summed E-state index contributed by atoms with van der Waals surface area (Å²) in [6.07, 6.45) is 4.33. The molecule has 0 radical (unpaired) electrons. The van der Waals surface area contributed by atoms with Crippen LogP contribution < -0.4 is 10.6 Å². The summed E-state index contributed by atoms with van der Waals surface area (Å²) in [5, 5.41) is 16.3. The van der Waals surface area contributed by atoms with Crippen molar-refractivity contribution >= 4 is 5.96 Å². The van der Waals surface area contributed by atoms with E-state index < -0.39 is 0 Å². The van der Waals surface area contributed by atoms with E-state index in [2.05, 4.69) is 66.6 Å². The maximum atomic E-state index is 9.32. The standard InChI is InChI=1S/C24H42N4O/c1-4-25-24(26-17-22(12-15-29)16-20(2)3)27-18-23-11-14-28(19-23)13-10-21-8-6-5-7-9-21/h5-9,20,22-23,29H,4,10-19H2,1-3H3,(H2,25,26,27). The number of likely N-dealkylation sites (tertiary alicyclic amines) is 1. The largest absolute Gasteiger partial charge is 0.396 e. The number of aliphatic hydroxyl groups excluding tert-OH is 1. The molecular weight excluding hydrogens is 360 g/mol. The summed E-state index contributed by atoms with van der Waals surface area (Å²) in [4.78, 5) is 7.40. The zero-order valence-electron chi connectivity index (χ0n) is 18.7. The van der Waals surface area contributed by atoms with E-state index in [1.165, 1.54) is 25.1 Å². The number of nitrogens with one attached hydrogen (secondary N) is 2. The molecule has 0 amide bonds. The zero-order valence-corrected chi connectivity index (χ0v) is 18.7. The summed E-state index contributed by atoms with van der Waals surface area (Å²) in [5.41, 5.74) is 1.43. The van der Waals surface area contributed by atoms with Gasteiger partial charge in [-0.15, -0.1) is 0 Å². The molecule has 1 aromatic carbocycles. The highest BCUT2D eigenvalue weighted by Crippen LogP contribution is 2.17. The average molecular weight is 403 g/mol. The van der Waals surface area contributed by atoms with Gasteiger partial charge in [0.15, 0.2) is 5.96 Å². The van der Waals surface area contributed by atoms with Gasteiger partial charge in [0, 0.05) is 39.3 Å². The molecule has 2 atom stereocenters. The van der Waals surface area contributed by atoms with E-state index in [0.29, 0.717) is 17.8 Å². The van der Waals surface area contributed by atoms with Crippen LogP contribution in [0, 0.1) is 17.8 Å². The van der Waals surface area contributed by atoms with Crippen molar-refractivity contribution in [3.63, 3.8) is 0 Å². The molecule has 1 heterocycles. The lowest BCUT2D eigenvalue weighted by Gasteiger charge is -2.19. The van der Waals surface area contributed by atoms with Crippen molar-refractivity contribution in [2.45, 2.75) is 46.5 Å². The van der Waals surface area contributed by atoms with Crippen molar-refractivity contribution in [2.24, 2.45) is 22.7 Å². The van der Waals surface area contributed by atoms with Gasteiger partial charge >= 0.3 is 0 Å². The molecule has 164 valence electrons. The van der Waals surface area contributed by atoms with Crippen LogP contribution in [0.3, 0.4) is 0 Å². The maximum Gasteiger partial charge on any atom is 0.191 e. The number of rotatable bonds is 12. The van der Waals surface area contributed by atoms with Gasteiger partial charge < -0.3 is 20.6 Å². The quantitative estimate of drug-likeness (QED) is 0.371. The summed E-state index contributed by atoms with van der Waals surface area (Å²) >= 11 is 0. The van der Waals surface area contributed by atoms with Gasteiger partial charge in [-0.1, -0.05) is 44.2 Å². The summed E-state index contributed by atoms with van der Waals surface area (Å²) in [7, 11) is 0. The van der Waals surface area contributed by atoms with Crippen molar-refractivity contribution in [2.75, 3.05) is 45.9 Å². The summed E-state index contributed by atoms with van der Waals surface area (Å²) in [6, 6.07) is 10.8. The van der Waals surface area contributed by atoms with Gasteiger partial charge in [0.1, 0.15) is 0 Å². The van der Waals surface area contributed by atoms with Gasteiger partial charge in [-0.25, -0.2) is 0 Å². The third-order valence-corrected chi connectivity index (χ3v) is 5.68. The Morgan fingerprint density at radius 3 is 2.72 bits per heavy atom. The van der Waals surface area contributed by atoms with E-state index in [-0.39, 0.29) is 6.61 Å². The number of benzene rings is 1. The Labute approximate surface area is 178 Å². The number of guanidine groups is 1. The van der Waals surface area contributed by atoms with Crippen LogP contribution in [0.1, 0.15) is 45.6 Å². The molecule has 0 aromatic heterocycles. The van der Waals surface area contributed by atoms with E-state index in [9.17, 15) is 5.11 Å². The minimum Gasteiger partial charge on any atom is -0.396 e. The Morgan fingerprint density at radius 1 is 1.24 bits per heavy atom. The average Bonchev–Trinajstić information content (AvgIpc) is 3.17. The molecule has 0 bridgehead atoms. The minimum absolute atomic E-state index is 0.248. The molecule has 2 rings (SSSR count). The molecule has 0 aliphatic carbocycles. The van der Waals surface area contributed by atoms with Crippen molar-refractivity contribution in [3.05, 3.63) is 35.9 Å². The van der Waals surface area contributed by atoms with Crippen molar-refractivity contribution in [1.29, 1.82) is 0 Å². The summed E-state index contributed by atoms with van der Waals surface area (Å²) < 4.78 is 0. The zero-order chi connectivity index (χ0) is 20.9. The number of aliphatic imine (C=N–C) groups is 1. The lowest BCUT2D eigenvalue weighted by atomic mass is 9.94. The highest BCUT2D eigenvalue weighted by Gasteiger charge is 2.22. The molecule has 0 spiro atoms. The Bertz CT molecular complexity index is 576. The molecule has 5 nitrogen and oxygen atoms in total. The minimum atomic E-state index is 0.248. The first-order valence-electron chi connectivity index (χ1n) is 11.5. The predicted molar refractivity (Wildman–Crippen MR) is 123 cm³/mol. The van der Waals surface area contributed by atoms with E-state index >= 15 is 0 Å². The van der Waals surface area contributed by atoms with Gasteiger partial charge in [0.2, 0.25) is 0 Å². The normalized spacial score (nSPS) is 18.9. The summed E-state index contributed by atoms with van der Waals surface area (Å²) in [5.74, 6) is 2.69. The fraction of sp³-hybridized carbons (Fsp3) is 0.708. The summed E-state index contributed by atoms with van der Waals surface area (Å²) in [6.45, 7) is 13.0. The van der Waals surface area contributed by atoms with E-state index in [4.69, 9.17) is 4.99 Å². The molecule has 29 heavy (non-hydrogen) atoms. The molecule has 1 fully saturated rings. The SMILES string of the molecule is CCNC(=NCC(CCO)CC(C)C)NCC1CCN(CCc2ccccc2)C1. The monoisotopic (exact) mass is 402 g/mol. The molecule has 1 aliphatic heterocycles. The molecule has 2 unspecified atom stereocenters. The van der Waals surface area contributed by atoms with Gasteiger partial charge in [0.25, 0.3) is 0 Å². The number of nitrogens with zero attached hydrogens (tertiary/aromatic N) is 2. The second kappa shape index (κ2) is 13.6. The third-order valence-electron chi connectivity index (χ3n) is 5.68. The Balaban J connectivity index is 1.74. The fourth-order valence-corrected chi connectivity index (χ4v) is 4.15. The first-order chi connectivity index (χ1) is 14.1. The second-order valence-electron chi connectivity index (χ2n) is 8.80. The van der Waals surface area contributed by atoms with E-state index in [1.54, 1.807) is 0 Å². The molecule has 3 N–H and O–H groups in total. The van der Waals surface area contributed by atoms with Crippen LogP contribution in [0.4, 0.5) is 0 Å². The van der Waals surface area contributed by atoms with Gasteiger partial charge in [-0.3, -0.25) is 4.99 Å². The van der Waals surface area contributed by atoms with E-state index in [0.717, 1.165) is 51.4 Å². The Morgan fingerprint density at radius 2 is 2.03 bits per heavy atom. The number of aliphatic hydroxyl groups is 1. The van der Waals surface area contributed by atoms with Crippen LogP contribution in [-0.4, -0.2) is 61.8 Å². The first-order valence-corrected chi connectivity index (χ1v) is 11.5. The Hall–Kier alpha value is -1.59. The number of hydrogen-bond acceptors (Lipinski definition) is 3. The van der Waals surface area contributed by atoms with Crippen molar-refractivity contribution < 1.29 is 5.11 Å². The molecular formula is C24H42N4O. The van der Waals surface area contributed by atoms with E-state index in [1.807, 2.05) is 0 Å². The highest BCUT2D eigenvalue weighted by atomic mass is 16.3. The molecule has 1 aliphatic rings. The molecule has 0 saturated carbocycles. The van der Waals surface area contributed by atoms with Crippen LogP contribution >= 0.6 is 0 Å². The molecule has 1 saturated heterocycles. The predicted octanol–water partition coefficient (Wildman–Crippen LogP) is 3.15. The van der Waals surface area contributed by atoms with Gasteiger partial charge in [-0.05, 0) is 62.5 Å². The first kappa shape index (κ1) is 23.7. The van der Waals surface area contributed by atoms with Crippen LogP contribution in [0.5, 0.6) is 0 Å². The lowest BCUT2D eigenvalue weighted by molar-refractivity contribution is 0.245. The highest BCUT2D eigenvalue weighted by molar-refractivity contribution is 5.79.